The van der Waals surface area contributed by atoms with Gasteiger partial charge in [0.05, 0.1) is 24.3 Å². The SMILES string of the molecule is CCCCCCCCCCCCCCCCCCCCCCCCCSC(=S)SC(C)C(=O)OCCCOC(=O)c1ccc(Oc2cccc(C)c2C=O)cc1. The Labute approximate surface area is 354 Å². The zero-order valence-corrected chi connectivity index (χ0v) is 37.4. The predicted octanol–water partition coefficient (Wildman–Crippen LogP) is 14.8. The van der Waals surface area contributed by atoms with Crippen molar-refractivity contribution in [1.29, 1.82) is 0 Å². The quantitative estimate of drug-likeness (QED) is 0.0296. The smallest absolute Gasteiger partial charge is 0.338 e. The Bertz CT molecular complexity index is 1350. The molecule has 56 heavy (non-hydrogen) atoms. The summed E-state index contributed by atoms with van der Waals surface area (Å²) in [4.78, 5) is 36.3. The molecule has 2 aromatic rings. The molecular formula is C47H72O6S3. The second-order valence-electron chi connectivity index (χ2n) is 15.0. The molecule has 0 bridgehead atoms. The summed E-state index contributed by atoms with van der Waals surface area (Å²) in [5, 5.41) is -0.380. The summed E-state index contributed by atoms with van der Waals surface area (Å²) < 4.78 is 17.3. The molecule has 1 unspecified atom stereocenters. The van der Waals surface area contributed by atoms with Crippen molar-refractivity contribution in [3.63, 3.8) is 0 Å². The maximum absolute atomic E-state index is 12.5. The Morgan fingerprint density at radius 2 is 1.14 bits per heavy atom. The van der Waals surface area contributed by atoms with Crippen molar-refractivity contribution in [3.8, 4) is 11.5 Å². The highest BCUT2D eigenvalue weighted by Crippen LogP contribution is 2.27. The lowest BCUT2D eigenvalue weighted by Gasteiger charge is -2.12. The molecule has 314 valence electrons. The molecule has 0 aliphatic rings. The van der Waals surface area contributed by atoms with Crippen molar-refractivity contribution < 1.29 is 28.6 Å². The van der Waals surface area contributed by atoms with Crippen LogP contribution in [0.4, 0.5) is 0 Å². The van der Waals surface area contributed by atoms with Crippen molar-refractivity contribution in [2.24, 2.45) is 0 Å². The topological polar surface area (TPSA) is 78.9 Å². The van der Waals surface area contributed by atoms with Crippen LogP contribution in [0.2, 0.25) is 0 Å². The summed E-state index contributed by atoms with van der Waals surface area (Å²) in [6.45, 7) is 6.24. The van der Waals surface area contributed by atoms with Crippen molar-refractivity contribution in [2.75, 3.05) is 19.0 Å². The molecule has 2 aromatic carbocycles. The van der Waals surface area contributed by atoms with Gasteiger partial charge in [-0.05, 0) is 61.9 Å². The standard InChI is InChI=1S/C47H72O6S3/c1-4-5-6-7-8-9-10-11-12-13-14-15-16-17-18-19-20-21-22-23-24-25-26-37-55-47(54)56-40(3)45(49)51-35-28-36-52-46(50)41-31-33-42(34-32-41)53-44-30-27-29-39(2)43(44)38-48/h27,29-34,38,40H,4-26,28,35-37H2,1-3H3. The molecule has 0 aliphatic heterocycles. The van der Waals surface area contributed by atoms with Gasteiger partial charge in [0.15, 0.2) is 6.29 Å². The highest BCUT2D eigenvalue weighted by Gasteiger charge is 2.18. The number of rotatable bonds is 34. The van der Waals surface area contributed by atoms with Crippen LogP contribution in [0, 0.1) is 6.92 Å². The van der Waals surface area contributed by atoms with Crippen LogP contribution in [0.5, 0.6) is 11.5 Å². The van der Waals surface area contributed by atoms with Gasteiger partial charge in [-0.25, -0.2) is 4.79 Å². The lowest BCUT2D eigenvalue weighted by atomic mass is 10.0. The largest absolute Gasteiger partial charge is 0.465 e. The van der Waals surface area contributed by atoms with Gasteiger partial charge in [-0.2, -0.15) is 0 Å². The number of esters is 2. The van der Waals surface area contributed by atoms with Gasteiger partial charge in [-0.1, -0.05) is 184 Å². The molecular weight excluding hydrogens is 757 g/mol. The number of hydrogen-bond donors (Lipinski definition) is 0. The fraction of sp³-hybridized carbons (Fsp3) is 0.660. The van der Waals surface area contributed by atoms with Gasteiger partial charge in [0.2, 0.25) is 0 Å². The van der Waals surface area contributed by atoms with E-state index in [1.54, 1.807) is 42.1 Å². The fourth-order valence-electron chi connectivity index (χ4n) is 6.55. The third-order valence-corrected chi connectivity index (χ3v) is 12.8. The predicted molar refractivity (Wildman–Crippen MR) is 243 cm³/mol. The van der Waals surface area contributed by atoms with E-state index >= 15 is 0 Å². The van der Waals surface area contributed by atoms with E-state index < -0.39 is 5.97 Å². The highest BCUT2D eigenvalue weighted by molar-refractivity contribution is 8.47. The number of thioether (sulfide) groups is 2. The molecule has 0 aromatic heterocycles. The van der Waals surface area contributed by atoms with E-state index in [9.17, 15) is 14.4 Å². The highest BCUT2D eigenvalue weighted by atomic mass is 32.2. The van der Waals surface area contributed by atoms with Crippen LogP contribution in [0.1, 0.15) is 194 Å². The fourth-order valence-corrected chi connectivity index (χ4v) is 9.15. The number of carbonyl (C=O) groups excluding carboxylic acids is 3. The van der Waals surface area contributed by atoms with E-state index in [1.165, 1.54) is 153 Å². The summed E-state index contributed by atoms with van der Waals surface area (Å²) in [7, 11) is 0. The maximum Gasteiger partial charge on any atom is 0.338 e. The number of aryl methyl sites for hydroxylation is 1. The molecule has 0 saturated carbocycles. The van der Waals surface area contributed by atoms with E-state index in [0.717, 1.165) is 27.6 Å². The molecule has 0 aliphatic carbocycles. The Kier molecular flexibility index (Phi) is 29.9. The molecule has 0 fully saturated rings. The molecule has 6 nitrogen and oxygen atoms in total. The molecule has 0 saturated heterocycles. The van der Waals surface area contributed by atoms with Gasteiger partial charge in [-0.3, -0.25) is 9.59 Å². The molecule has 0 N–H and O–H groups in total. The number of hydrogen-bond acceptors (Lipinski definition) is 9. The lowest BCUT2D eigenvalue weighted by Crippen LogP contribution is -2.19. The minimum atomic E-state index is -0.473. The average Bonchev–Trinajstić information content (AvgIpc) is 3.19. The van der Waals surface area contributed by atoms with Crippen LogP contribution >= 0.6 is 35.7 Å². The Morgan fingerprint density at radius 3 is 1.64 bits per heavy atom. The second kappa shape index (κ2) is 33.6. The van der Waals surface area contributed by atoms with Gasteiger partial charge >= 0.3 is 11.9 Å². The van der Waals surface area contributed by atoms with Gasteiger partial charge in [0.25, 0.3) is 0 Å². The van der Waals surface area contributed by atoms with Crippen LogP contribution in [-0.4, -0.2) is 46.0 Å². The first-order valence-corrected chi connectivity index (χ1v) is 24.1. The number of benzene rings is 2. The van der Waals surface area contributed by atoms with Crippen molar-refractivity contribution in [2.45, 2.75) is 180 Å². The van der Waals surface area contributed by atoms with Crippen LogP contribution in [0.15, 0.2) is 42.5 Å². The normalized spacial score (nSPS) is 11.6. The molecule has 0 heterocycles. The van der Waals surface area contributed by atoms with E-state index in [2.05, 4.69) is 6.92 Å². The molecule has 0 spiro atoms. The zero-order chi connectivity index (χ0) is 40.5. The number of carbonyl (C=O) groups is 3. The van der Waals surface area contributed by atoms with Crippen molar-refractivity contribution in [3.05, 3.63) is 59.2 Å². The number of unbranched alkanes of at least 4 members (excludes halogenated alkanes) is 22. The molecule has 1 atom stereocenters. The first-order valence-electron chi connectivity index (χ1n) is 21.9. The molecule has 2 rings (SSSR count). The van der Waals surface area contributed by atoms with E-state index in [-0.39, 0.29) is 24.4 Å². The van der Waals surface area contributed by atoms with E-state index in [0.29, 0.717) is 29.0 Å². The molecule has 0 amide bonds. The summed E-state index contributed by atoms with van der Waals surface area (Å²) >= 11 is 8.54. The number of ether oxygens (including phenoxy) is 3. The first-order chi connectivity index (χ1) is 27.3. The van der Waals surface area contributed by atoms with Gasteiger partial charge in [0.1, 0.15) is 20.3 Å². The van der Waals surface area contributed by atoms with Gasteiger partial charge in [-0.15, -0.1) is 11.8 Å². The van der Waals surface area contributed by atoms with Crippen LogP contribution in [0.3, 0.4) is 0 Å². The minimum Gasteiger partial charge on any atom is -0.465 e. The van der Waals surface area contributed by atoms with Crippen LogP contribution in [-0.2, 0) is 14.3 Å². The number of aldehydes is 1. The van der Waals surface area contributed by atoms with Gasteiger partial charge < -0.3 is 14.2 Å². The summed E-state index contributed by atoms with van der Waals surface area (Å²) in [5.41, 5.74) is 1.69. The Hall–Kier alpha value is -2.36. The van der Waals surface area contributed by atoms with Crippen molar-refractivity contribution >= 4 is 57.5 Å². The zero-order valence-electron chi connectivity index (χ0n) is 35.0. The van der Waals surface area contributed by atoms with E-state index in [4.69, 9.17) is 26.4 Å². The average molecular weight is 829 g/mol. The molecule has 0 radical (unpaired) electrons. The van der Waals surface area contributed by atoms with Crippen molar-refractivity contribution in [1.82, 2.24) is 0 Å². The second-order valence-corrected chi connectivity index (χ2v) is 18.7. The monoisotopic (exact) mass is 828 g/mol. The van der Waals surface area contributed by atoms with Gasteiger partial charge in [0, 0.05) is 6.42 Å². The van der Waals surface area contributed by atoms with Crippen LogP contribution < -0.4 is 4.74 Å². The third kappa shape index (κ3) is 24.4. The van der Waals surface area contributed by atoms with Crippen LogP contribution in [0.25, 0.3) is 0 Å². The first kappa shape index (κ1) is 49.8. The summed E-state index contributed by atoms with van der Waals surface area (Å²) in [5.74, 6) is 1.16. The molecule has 9 heteroatoms. The Morgan fingerprint density at radius 1 is 0.661 bits per heavy atom. The Balaban J connectivity index is 1.36. The lowest BCUT2D eigenvalue weighted by molar-refractivity contribution is -0.142. The third-order valence-electron chi connectivity index (χ3n) is 10.1. The van der Waals surface area contributed by atoms with E-state index in [1.807, 2.05) is 26.0 Å². The number of thiocarbonyl (C=S) groups is 1. The summed E-state index contributed by atoms with van der Waals surface area (Å²) in [6, 6.07) is 11.9. The minimum absolute atomic E-state index is 0.131. The maximum atomic E-state index is 12.5. The summed E-state index contributed by atoms with van der Waals surface area (Å²) in [6.07, 6.45) is 33.2.